The molecule has 0 aliphatic heterocycles. The zero-order chi connectivity index (χ0) is 80.4. The van der Waals surface area contributed by atoms with Crippen molar-refractivity contribution in [2.24, 2.45) is 0 Å². The summed E-state index contributed by atoms with van der Waals surface area (Å²) in [5, 5.41) is 25.9. The van der Waals surface area contributed by atoms with E-state index in [2.05, 4.69) is 431 Å². The molecule has 4 aliphatic carbocycles. The molecule has 0 bridgehead atoms. The summed E-state index contributed by atoms with van der Waals surface area (Å²) in [5.74, 6) is 0. The van der Waals surface area contributed by atoms with Gasteiger partial charge in [-0.1, -0.05) is 297 Å². The molecule has 0 saturated carbocycles. The molecule has 0 atom stereocenters. The highest BCUT2D eigenvalue weighted by molar-refractivity contribution is 6.27. The molecule has 0 unspecified atom stereocenters. The summed E-state index contributed by atoms with van der Waals surface area (Å²) >= 11 is 0. The van der Waals surface area contributed by atoms with Crippen LogP contribution in [0.5, 0.6) is 0 Å². The zero-order valence-corrected chi connectivity index (χ0v) is 67.0. The Morgan fingerprint density at radius 1 is 0.121 bits per heavy atom. The first-order valence-corrected chi connectivity index (χ1v) is 43.2. The number of hydrogen-bond donors (Lipinski definition) is 0. The number of nitrogens with zero attached hydrogens (tertiary/aromatic N) is 4. The number of rotatable bonds is 6. The normalized spacial score (nSPS) is 12.5. The molecule has 0 N–H and O–H groups in total. The summed E-state index contributed by atoms with van der Waals surface area (Å²) in [4.78, 5) is 0. The molecule has 4 nitrogen and oxygen atoms in total. The minimum absolute atomic E-state index is 1.18. The second kappa shape index (κ2) is 24.7. The second-order valence-corrected chi connectivity index (χ2v) is 34.4. The van der Waals surface area contributed by atoms with Crippen molar-refractivity contribution in [2.75, 3.05) is 0 Å². The van der Waals surface area contributed by atoms with Crippen molar-refractivity contribution in [1.82, 2.24) is 18.3 Å². The van der Waals surface area contributed by atoms with Crippen molar-refractivity contribution < 1.29 is 0 Å². The lowest BCUT2D eigenvalue weighted by molar-refractivity contribution is 1.18. The molecule has 0 spiro atoms. The van der Waals surface area contributed by atoms with Gasteiger partial charge in [-0.25, -0.2) is 0 Å². The SMILES string of the molecule is c1ccc2c(c1)-c1cccc3c(-n4c5ccccc5c5cc(-c6ccc7c8ccccc8n(-c8ccc9c%10c(cccc8%10)-c8ccccc8-9)c7c6)ccc54)ccc-2c13.c1ccc2c(c1)cc1c3c(cccc32)-c2cc(-n3c4ccccc4c4cc(-c5ccc6c(c5)c5ccccc5n6-c5ccc6c(c5)-c5cc7ccccc7c7cccc-6c57)ccc43)ccc2-1. The third-order valence-electron chi connectivity index (χ3n) is 28.3. The van der Waals surface area contributed by atoms with Crippen LogP contribution in [0.1, 0.15) is 0 Å². The van der Waals surface area contributed by atoms with Crippen molar-refractivity contribution in [3.63, 3.8) is 0 Å². The Hall–Kier alpha value is -16.4. The molecule has 124 heavy (non-hydrogen) atoms. The average Bonchev–Trinajstić information content (AvgIpc) is 1.56. The van der Waals surface area contributed by atoms with Gasteiger partial charge in [-0.15, -0.1) is 0 Å². The van der Waals surface area contributed by atoms with Gasteiger partial charge < -0.3 is 18.3 Å². The summed E-state index contributed by atoms with van der Waals surface area (Å²) in [7, 11) is 0. The van der Waals surface area contributed by atoms with Crippen LogP contribution >= 0.6 is 0 Å². The van der Waals surface area contributed by atoms with Crippen LogP contribution in [0.15, 0.2) is 413 Å². The molecule has 26 aromatic rings. The van der Waals surface area contributed by atoms with Gasteiger partial charge in [0, 0.05) is 65.2 Å². The van der Waals surface area contributed by atoms with E-state index in [9.17, 15) is 0 Å². The van der Waals surface area contributed by atoms with Crippen molar-refractivity contribution in [3.8, 4) is 134 Å². The predicted molar refractivity (Wildman–Crippen MR) is 524 cm³/mol. The molecule has 568 valence electrons. The van der Waals surface area contributed by atoms with Crippen molar-refractivity contribution in [1.29, 1.82) is 0 Å². The van der Waals surface area contributed by atoms with Crippen LogP contribution in [-0.2, 0) is 0 Å². The monoisotopic (exact) mass is 1560 g/mol. The van der Waals surface area contributed by atoms with Gasteiger partial charge in [0.15, 0.2) is 0 Å². The number of hydrogen-bond acceptors (Lipinski definition) is 0. The van der Waals surface area contributed by atoms with E-state index in [4.69, 9.17) is 0 Å². The number of aromatic nitrogens is 4. The van der Waals surface area contributed by atoms with Gasteiger partial charge in [0.25, 0.3) is 0 Å². The van der Waals surface area contributed by atoms with Gasteiger partial charge in [0.05, 0.1) is 55.5 Å². The highest BCUT2D eigenvalue weighted by Gasteiger charge is 2.31. The van der Waals surface area contributed by atoms with Gasteiger partial charge >= 0.3 is 0 Å². The van der Waals surface area contributed by atoms with Crippen molar-refractivity contribution >= 4 is 152 Å². The number of benzene rings is 22. The smallest absolute Gasteiger partial charge is 0.0547 e. The molecule has 30 rings (SSSR count). The predicted octanol–water partition coefficient (Wildman–Crippen LogP) is 32.6. The van der Waals surface area contributed by atoms with Gasteiger partial charge in [-0.05, 0) is 280 Å². The van der Waals surface area contributed by atoms with Gasteiger partial charge in [-0.2, -0.15) is 0 Å². The van der Waals surface area contributed by atoms with Crippen LogP contribution < -0.4 is 0 Å². The van der Waals surface area contributed by atoms with Crippen LogP contribution in [0.25, 0.3) is 286 Å². The first-order valence-electron chi connectivity index (χ1n) is 43.2. The minimum atomic E-state index is 1.18. The standard InChI is InChI=1S/C64H36N2.C56H32N2/c1-3-13-43-39(11-1)33-57-46-28-26-41(35-53(46)52-20-10-18-50(43)64(52)57)65-59-21-7-5-15-47(59)55-31-37(23-29-61(55)65)38-24-30-62-56(32-38)48-16-6-8-22-60(48)66(62)42-25-27-45-51-19-9-17-49-44-14-4-2-12-40(44)34-58(63(49)51)54(45)36-42;1-3-13-37-35(11-1)42-17-9-19-46-51(29-26-44(37)55(42)46)57-50-22-8-6-16-40(50)48-31-33(24-28-53(48)57)34-23-25-41-39-15-5-7-21-49(39)58(54(41)32-34)52-30-27-45-38-14-4-2-12-36(38)43-18-10-20-47(52)56(43)45/h1-36H;1-32H. The van der Waals surface area contributed by atoms with Crippen LogP contribution in [0.3, 0.4) is 0 Å². The molecule has 0 fully saturated rings. The van der Waals surface area contributed by atoms with Crippen LogP contribution in [0, 0.1) is 0 Å². The fraction of sp³-hybridized carbons (Fsp3) is 0. The largest absolute Gasteiger partial charge is 0.309 e. The van der Waals surface area contributed by atoms with E-state index in [1.54, 1.807) is 0 Å². The molecule has 0 radical (unpaired) electrons. The lowest BCUT2D eigenvalue weighted by Crippen LogP contribution is -1.96. The first kappa shape index (κ1) is 66.5. The summed E-state index contributed by atoms with van der Waals surface area (Å²) in [6, 6.07) is 154. The Balaban J connectivity index is 0.000000125. The first-order chi connectivity index (χ1) is 61.5. The van der Waals surface area contributed by atoms with Crippen LogP contribution in [-0.4, -0.2) is 18.3 Å². The second-order valence-electron chi connectivity index (χ2n) is 34.4. The van der Waals surface area contributed by atoms with E-state index < -0.39 is 0 Å². The molecule has 22 aromatic carbocycles. The maximum atomic E-state index is 2.50. The third kappa shape index (κ3) is 8.93. The van der Waals surface area contributed by atoms with Gasteiger partial charge in [0.2, 0.25) is 0 Å². The van der Waals surface area contributed by atoms with E-state index in [0.717, 1.165) is 0 Å². The molecular weight excluding hydrogens is 1500 g/mol. The molecule has 4 heterocycles. The highest BCUT2D eigenvalue weighted by atomic mass is 15.0. The zero-order valence-electron chi connectivity index (χ0n) is 67.0. The average molecular weight is 1570 g/mol. The van der Waals surface area contributed by atoms with Crippen molar-refractivity contribution in [2.45, 2.75) is 0 Å². The third-order valence-corrected chi connectivity index (χ3v) is 28.3. The molecule has 4 heteroatoms. The Bertz CT molecular complexity index is 9340. The van der Waals surface area contributed by atoms with E-state index in [-0.39, 0.29) is 0 Å². The van der Waals surface area contributed by atoms with E-state index >= 15 is 0 Å². The van der Waals surface area contributed by atoms with Crippen molar-refractivity contribution in [3.05, 3.63) is 413 Å². The molecule has 4 aliphatic rings. The van der Waals surface area contributed by atoms with E-state index in [0.29, 0.717) is 0 Å². The Morgan fingerprint density at radius 2 is 0.395 bits per heavy atom. The Kier molecular flexibility index (Phi) is 13.2. The summed E-state index contributed by atoms with van der Waals surface area (Å²) in [6.07, 6.45) is 0. The molecular formula is C120H68N4. The molecule has 4 aromatic heterocycles. The lowest BCUT2D eigenvalue weighted by atomic mass is 9.96. The fourth-order valence-electron chi connectivity index (χ4n) is 23.1. The van der Waals surface area contributed by atoms with E-state index in [1.807, 2.05) is 0 Å². The van der Waals surface area contributed by atoms with Crippen LogP contribution in [0.4, 0.5) is 0 Å². The Morgan fingerprint density at radius 3 is 0.855 bits per heavy atom. The molecule has 0 saturated heterocycles. The van der Waals surface area contributed by atoms with E-state index in [1.165, 1.54) is 286 Å². The Labute approximate surface area is 711 Å². The number of fused-ring (bicyclic) bond motifs is 28. The van der Waals surface area contributed by atoms with Crippen LogP contribution in [0.2, 0.25) is 0 Å². The van der Waals surface area contributed by atoms with Gasteiger partial charge in [0.1, 0.15) is 0 Å². The lowest BCUT2D eigenvalue weighted by Gasteiger charge is -2.14. The fourth-order valence-corrected chi connectivity index (χ4v) is 23.1. The van der Waals surface area contributed by atoms with Gasteiger partial charge in [-0.3, -0.25) is 0 Å². The summed E-state index contributed by atoms with van der Waals surface area (Å²) in [6.45, 7) is 0. The number of para-hydroxylation sites is 4. The summed E-state index contributed by atoms with van der Waals surface area (Å²) in [5.41, 5.74) is 40.4. The molecule has 0 amide bonds. The maximum Gasteiger partial charge on any atom is 0.0547 e. The highest BCUT2D eigenvalue weighted by Crippen LogP contribution is 2.56. The maximum absolute atomic E-state index is 2.50. The topological polar surface area (TPSA) is 19.7 Å². The summed E-state index contributed by atoms with van der Waals surface area (Å²) < 4.78 is 9.90. The quantitative estimate of drug-likeness (QED) is 0.148. The minimum Gasteiger partial charge on any atom is -0.309 e.